The Balaban J connectivity index is 2.92. The second-order valence-corrected chi connectivity index (χ2v) is 4.17. The molecule has 0 fully saturated rings. The number of carbonyl (C=O) groups is 3. The topological polar surface area (TPSA) is 141 Å². The molecule has 1 rings (SSSR count). The van der Waals surface area contributed by atoms with E-state index in [1.54, 1.807) is 0 Å². The summed E-state index contributed by atoms with van der Waals surface area (Å²) in [5.74, 6) is -3.72. The SMILES string of the molecule is O=C(O)c1cc(C(=O)O)cc(C(=O)OC[C@H](O)CCO)c1. The summed E-state index contributed by atoms with van der Waals surface area (Å²) in [5, 5.41) is 35.6. The predicted molar refractivity (Wildman–Crippen MR) is 68.4 cm³/mol. The minimum Gasteiger partial charge on any atom is -0.478 e. The first-order chi connectivity index (χ1) is 9.85. The maximum Gasteiger partial charge on any atom is 0.338 e. The van der Waals surface area contributed by atoms with Crippen LogP contribution in [0.15, 0.2) is 18.2 Å². The zero-order chi connectivity index (χ0) is 16.0. The van der Waals surface area contributed by atoms with E-state index >= 15 is 0 Å². The normalized spacial score (nSPS) is 11.7. The summed E-state index contributed by atoms with van der Waals surface area (Å²) in [6.07, 6.45) is -1.04. The van der Waals surface area contributed by atoms with Crippen LogP contribution in [0.3, 0.4) is 0 Å². The maximum absolute atomic E-state index is 11.7. The van der Waals surface area contributed by atoms with Gasteiger partial charge in [-0.05, 0) is 24.6 Å². The molecule has 21 heavy (non-hydrogen) atoms. The van der Waals surface area contributed by atoms with E-state index in [0.29, 0.717) is 0 Å². The number of benzene rings is 1. The smallest absolute Gasteiger partial charge is 0.338 e. The molecule has 0 aliphatic heterocycles. The van der Waals surface area contributed by atoms with Gasteiger partial charge in [0.15, 0.2) is 0 Å². The molecule has 0 aromatic heterocycles. The van der Waals surface area contributed by atoms with Crippen molar-refractivity contribution in [1.82, 2.24) is 0 Å². The Labute approximate surface area is 119 Å². The molecule has 0 heterocycles. The van der Waals surface area contributed by atoms with Crippen molar-refractivity contribution >= 4 is 17.9 Å². The molecule has 0 aliphatic rings. The van der Waals surface area contributed by atoms with Crippen molar-refractivity contribution in [2.75, 3.05) is 13.2 Å². The number of aliphatic hydroxyl groups excluding tert-OH is 2. The number of carboxylic acids is 2. The molecule has 0 bridgehead atoms. The lowest BCUT2D eigenvalue weighted by atomic mass is 10.1. The molecule has 114 valence electrons. The summed E-state index contributed by atoms with van der Waals surface area (Å²) in [5.41, 5.74) is -0.973. The molecule has 0 saturated carbocycles. The van der Waals surface area contributed by atoms with Crippen molar-refractivity contribution in [3.8, 4) is 0 Å². The Morgan fingerprint density at radius 2 is 1.48 bits per heavy atom. The van der Waals surface area contributed by atoms with Gasteiger partial charge in [-0.15, -0.1) is 0 Å². The van der Waals surface area contributed by atoms with Crippen LogP contribution in [-0.2, 0) is 4.74 Å². The number of aromatic carboxylic acids is 2. The molecule has 0 radical (unpaired) electrons. The summed E-state index contributed by atoms with van der Waals surface area (Å²) in [6.45, 7) is -0.671. The van der Waals surface area contributed by atoms with Gasteiger partial charge in [-0.3, -0.25) is 0 Å². The largest absolute Gasteiger partial charge is 0.478 e. The highest BCUT2D eigenvalue weighted by atomic mass is 16.5. The second-order valence-electron chi connectivity index (χ2n) is 4.17. The van der Waals surface area contributed by atoms with E-state index in [-0.39, 0.29) is 36.3 Å². The van der Waals surface area contributed by atoms with E-state index < -0.39 is 24.0 Å². The van der Waals surface area contributed by atoms with Crippen molar-refractivity contribution in [3.63, 3.8) is 0 Å². The van der Waals surface area contributed by atoms with Crippen LogP contribution in [0, 0.1) is 0 Å². The predicted octanol–water partition coefficient (Wildman–Crippen LogP) is -0.0169. The average Bonchev–Trinajstić information content (AvgIpc) is 2.44. The van der Waals surface area contributed by atoms with Crippen molar-refractivity contribution in [3.05, 3.63) is 34.9 Å². The Bertz CT molecular complexity index is 519. The summed E-state index contributed by atoms with van der Waals surface area (Å²) in [7, 11) is 0. The third-order valence-electron chi connectivity index (χ3n) is 2.53. The van der Waals surface area contributed by atoms with Crippen molar-refractivity contribution in [2.24, 2.45) is 0 Å². The minimum atomic E-state index is -1.38. The first kappa shape index (κ1) is 16.6. The third kappa shape index (κ3) is 4.86. The van der Waals surface area contributed by atoms with Crippen LogP contribution in [0.2, 0.25) is 0 Å². The monoisotopic (exact) mass is 298 g/mol. The van der Waals surface area contributed by atoms with Crippen LogP contribution >= 0.6 is 0 Å². The molecular formula is C13H14O8. The van der Waals surface area contributed by atoms with E-state index in [1.165, 1.54) is 0 Å². The number of ether oxygens (including phenoxy) is 1. The molecule has 4 N–H and O–H groups in total. The first-order valence-electron chi connectivity index (χ1n) is 5.93. The van der Waals surface area contributed by atoms with Crippen LogP contribution in [0.25, 0.3) is 0 Å². The van der Waals surface area contributed by atoms with E-state index in [4.69, 9.17) is 20.1 Å². The molecule has 0 aliphatic carbocycles. The first-order valence-corrected chi connectivity index (χ1v) is 5.93. The summed E-state index contributed by atoms with van der Waals surface area (Å²) < 4.78 is 4.73. The number of carboxylic acid groups (broad SMARTS) is 2. The van der Waals surface area contributed by atoms with Crippen molar-refractivity contribution in [1.29, 1.82) is 0 Å². The molecule has 0 unspecified atom stereocenters. The van der Waals surface area contributed by atoms with Crippen LogP contribution < -0.4 is 0 Å². The minimum absolute atomic E-state index is 0.0167. The Morgan fingerprint density at radius 1 is 1.00 bits per heavy atom. The molecule has 0 saturated heterocycles. The van der Waals surface area contributed by atoms with Crippen molar-refractivity contribution in [2.45, 2.75) is 12.5 Å². The van der Waals surface area contributed by atoms with Crippen LogP contribution in [0.5, 0.6) is 0 Å². The zero-order valence-corrected chi connectivity index (χ0v) is 10.9. The molecule has 8 heteroatoms. The third-order valence-corrected chi connectivity index (χ3v) is 2.53. The van der Waals surface area contributed by atoms with Gasteiger partial charge in [0.2, 0.25) is 0 Å². The number of esters is 1. The number of aliphatic hydroxyl groups is 2. The Hall–Kier alpha value is -2.45. The van der Waals surface area contributed by atoms with Gasteiger partial charge >= 0.3 is 17.9 Å². The summed E-state index contributed by atoms with van der Waals surface area (Å²) in [6, 6.07) is 2.88. The molecule has 0 spiro atoms. The van der Waals surface area contributed by atoms with E-state index in [2.05, 4.69) is 0 Å². The molecule has 1 aromatic carbocycles. The summed E-state index contributed by atoms with van der Waals surface area (Å²) >= 11 is 0. The second kappa shape index (κ2) is 7.36. The Kier molecular flexibility index (Phi) is 5.82. The Morgan fingerprint density at radius 3 is 1.90 bits per heavy atom. The van der Waals surface area contributed by atoms with Gasteiger partial charge in [0.05, 0.1) is 22.8 Å². The van der Waals surface area contributed by atoms with E-state index in [1.807, 2.05) is 0 Å². The van der Waals surface area contributed by atoms with Crippen molar-refractivity contribution < 1.29 is 39.5 Å². The number of carbonyl (C=O) groups excluding carboxylic acids is 1. The molecule has 1 atom stereocenters. The van der Waals surface area contributed by atoms with Gasteiger partial charge in [-0.1, -0.05) is 0 Å². The van der Waals surface area contributed by atoms with Crippen LogP contribution in [0.1, 0.15) is 37.5 Å². The molecular weight excluding hydrogens is 284 g/mol. The number of hydrogen-bond acceptors (Lipinski definition) is 6. The standard InChI is InChI=1S/C13H14O8/c14-2-1-10(15)6-21-13(20)9-4-7(11(16)17)3-8(5-9)12(18)19/h3-5,10,14-15H,1-2,6H2,(H,16,17)(H,18,19)/t10-/m1/s1. The maximum atomic E-state index is 11.7. The highest BCUT2D eigenvalue weighted by Crippen LogP contribution is 2.12. The van der Waals surface area contributed by atoms with Gasteiger partial charge in [-0.25, -0.2) is 14.4 Å². The average molecular weight is 298 g/mol. The van der Waals surface area contributed by atoms with Gasteiger partial charge < -0.3 is 25.2 Å². The quantitative estimate of drug-likeness (QED) is 0.515. The van der Waals surface area contributed by atoms with Gasteiger partial charge in [0.25, 0.3) is 0 Å². The molecule has 8 nitrogen and oxygen atoms in total. The molecule has 1 aromatic rings. The number of rotatable bonds is 7. The zero-order valence-electron chi connectivity index (χ0n) is 10.9. The lowest BCUT2D eigenvalue weighted by molar-refractivity contribution is 0.0197. The fourth-order valence-corrected chi connectivity index (χ4v) is 1.48. The van der Waals surface area contributed by atoms with Crippen LogP contribution in [-0.4, -0.2) is 57.7 Å². The van der Waals surface area contributed by atoms with Gasteiger partial charge in [0, 0.05) is 6.61 Å². The highest BCUT2D eigenvalue weighted by molar-refractivity contribution is 5.99. The summed E-state index contributed by atoms with van der Waals surface area (Å²) in [4.78, 5) is 33.5. The fraction of sp³-hybridized carbons (Fsp3) is 0.308. The van der Waals surface area contributed by atoms with Crippen LogP contribution in [0.4, 0.5) is 0 Å². The highest BCUT2D eigenvalue weighted by Gasteiger charge is 2.17. The lowest BCUT2D eigenvalue weighted by Crippen LogP contribution is -2.20. The van der Waals surface area contributed by atoms with Gasteiger partial charge in [-0.2, -0.15) is 0 Å². The fourth-order valence-electron chi connectivity index (χ4n) is 1.48. The number of hydrogen-bond donors (Lipinski definition) is 4. The lowest BCUT2D eigenvalue weighted by Gasteiger charge is -2.10. The van der Waals surface area contributed by atoms with E-state index in [9.17, 15) is 19.5 Å². The van der Waals surface area contributed by atoms with E-state index in [0.717, 1.165) is 18.2 Å². The van der Waals surface area contributed by atoms with Gasteiger partial charge in [0.1, 0.15) is 6.61 Å². The molecule has 0 amide bonds.